The van der Waals surface area contributed by atoms with E-state index in [4.69, 9.17) is 4.74 Å². The summed E-state index contributed by atoms with van der Waals surface area (Å²) >= 11 is 1.24. The smallest absolute Gasteiger partial charge is 0.233 e. The lowest BCUT2D eigenvalue weighted by molar-refractivity contribution is -0.140. The number of aromatic nitrogens is 3. The third-order valence-electron chi connectivity index (χ3n) is 3.69. The maximum absolute atomic E-state index is 13.7. The number of carbonyl (C=O) groups is 1. The molecular formula is C16H19FN4O2S. The van der Waals surface area contributed by atoms with Gasteiger partial charge in [-0.15, -0.1) is 5.10 Å². The molecule has 0 radical (unpaired) electrons. The fourth-order valence-electron chi connectivity index (χ4n) is 2.68. The van der Waals surface area contributed by atoms with Crippen molar-refractivity contribution < 1.29 is 13.9 Å². The minimum atomic E-state index is -0.363. The summed E-state index contributed by atoms with van der Waals surface area (Å²) in [5.41, 5.74) is 0.360. The Kier molecular flexibility index (Phi) is 5.15. The highest BCUT2D eigenvalue weighted by molar-refractivity contribution is 7.99. The number of hydrogen-bond donors (Lipinski definition) is 1. The van der Waals surface area contributed by atoms with Crippen molar-refractivity contribution in [3.63, 3.8) is 0 Å². The first-order chi connectivity index (χ1) is 11.5. The molecule has 128 valence electrons. The van der Waals surface area contributed by atoms with Crippen LogP contribution in [0.15, 0.2) is 29.4 Å². The third-order valence-corrected chi connectivity index (χ3v) is 4.52. The molecule has 1 aliphatic rings. The second kappa shape index (κ2) is 7.31. The Labute approximate surface area is 143 Å². The van der Waals surface area contributed by atoms with E-state index >= 15 is 0 Å². The van der Waals surface area contributed by atoms with Crippen molar-refractivity contribution in [2.75, 3.05) is 18.8 Å². The number of thioether (sulfide) groups is 1. The largest absolute Gasteiger partial charge is 0.372 e. The Balaban J connectivity index is 1.59. The van der Waals surface area contributed by atoms with Crippen molar-refractivity contribution in [2.45, 2.75) is 31.2 Å². The van der Waals surface area contributed by atoms with Crippen LogP contribution in [0.1, 0.15) is 13.8 Å². The number of morpholine rings is 1. The van der Waals surface area contributed by atoms with Crippen LogP contribution in [0.5, 0.6) is 0 Å². The van der Waals surface area contributed by atoms with Gasteiger partial charge >= 0.3 is 0 Å². The predicted molar refractivity (Wildman–Crippen MR) is 89.1 cm³/mol. The lowest BCUT2D eigenvalue weighted by Crippen LogP contribution is -2.48. The molecule has 1 fully saturated rings. The average Bonchev–Trinajstić information content (AvgIpc) is 3.01. The number of rotatable bonds is 4. The number of halogens is 1. The highest BCUT2D eigenvalue weighted by Crippen LogP contribution is 2.22. The molecule has 0 aliphatic carbocycles. The summed E-state index contributed by atoms with van der Waals surface area (Å²) in [5, 5.41) is 7.19. The van der Waals surface area contributed by atoms with Crippen molar-refractivity contribution in [1.82, 2.24) is 20.1 Å². The zero-order valence-corrected chi connectivity index (χ0v) is 14.3. The van der Waals surface area contributed by atoms with E-state index in [1.54, 1.807) is 23.1 Å². The van der Waals surface area contributed by atoms with Gasteiger partial charge in [-0.1, -0.05) is 23.9 Å². The number of hydrogen-bond acceptors (Lipinski definition) is 5. The third kappa shape index (κ3) is 3.93. The molecule has 1 saturated heterocycles. The van der Waals surface area contributed by atoms with Crippen molar-refractivity contribution in [2.24, 2.45) is 0 Å². The van der Waals surface area contributed by atoms with Crippen LogP contribution in [0, 0.1) is 5.82 Å². The normalized spacial score (nSPS) is 21.0. The van der Waals surface area contributed by atoms with Gasteiger partial charge in [0.2, 0.25) is 11.1 Å². The number of aromatic amines is 1. The summed E-state index contributed by atoms with van der Waals surface area (Å²) in [7, 11) is 0. The van der Waals surface area contributed by atoms with E-state index in [-0.39, 0.29) is 29.7 Å². The minimum absolute atomic E-state index is 0.0271. The molecule has 1 N–H and O–H groups in total. The standard InChI is InChI=1S/C16H19FN4O2S/c1-10-7-21(8-11(2)23-10)14(22)9-24-16-18-15(19-20-16)12-5-3-4-6-13(12)17/h3-6,10-11H,7-9H2,1-2H3,(H,18,19,20). The number of ether oxygens (including phenoxy) is 1. The molecule has 2 atom stereocenters. The van der Waals surface area contributed by atoms with Crippen LogP contribution in [0.2, 0.25) is 0 Å². The summed E-state index contributed by atoms with van der Waals surface area (Å²) < 4.78 is 19.4. The lowest BCUT2D eigenvalue weighted by atomic mass is 10.2. The molecular weight excluding hydrogens is 331 g/mol. The van der Waals surface area contributed by atoms with E-state index in [2.05, 4.69) is 15.2 Å². The molecule has 2 heterocycles. The van der Waals surface area contributed by atoms with Gasteiger partial charge < -0.3 is 9.64 Å². The van der Waals surface area contributed by atoms with E-state index in [1.807, 2.05) is 13.8 Å². The van der Waals surface area contributed by atoms with Crippen molar-refractivity contribution in [1.29, 1.82) is 0 Å². The Morgan fingerprint density at radius 2 is 2.08 bits per heavy atom. The van der Waals surface area contributed by atoms with Gasteiger partial charge in [-0.2, -0.15) is 0 Å². The van der Waals surface area contributed by atoms with Gasteiger partial charge in [0.05, 0.1) is 23.5 Å². The summed E-state index contributed by atoms with van der Waals surface area (Å²) in [6.45, 7) is 5.11. The van der Waals surface area contributed by atoms with E-state index in [0.717, 1.165) is 0 Å². The first-order valence-electron chi connectivity index (χ1n) is 7.76. The second-order valence-electron chi connectivity index (χ2n) is 5.79. The zero-order chi connectivity index (χ0) is 17.1. The average molecular weight is 350 g/mol. The van der Waals surface area contributed by atoms with Gasteiger partial charge in [-0.05, 0) is 26.0 Å². The van der Waals surface area contributed by atoms with Crippen LogP contribution >= 0.6 is 11.8 Å². The van der Waals surface area contributed by atoms with Crippen molar-refractivity contribution >= 4 is 17.7 Å². The molecule has 1 aliphatic heterocycles. The van der Waals surface area contributed by atoms with Crippen LogP contribution in [0.3, 0.4) is 0 Å². The molecule has 1 aromatic carbocycles. The van der Waals surface area contributed by atoms with Gasteiger partial charge in [-0.25, -0.2) is 9.37 Å². The fourth-order valence-corrected chi connectivity index (χ4v) is 3.38. The number of nitrogens with one attached hydrogen (secondary N) is 1. The molecule has 1 aromatic heterocycles. The molecule has 3 rings (SSSR count). The molecule has 1 amide bonds. The molecule has 0 spiro atoms. The minimum Gasteiger partial charge on any atom is -0.372 e. The molecule has 6 nitrogen and oxygen atoms in total. The van der Waals surface area contributed by atoms with Gasteiger partial charge in [0.25, 0.3) is 0 Å². The number of benzene rings is 1. The first-order valence-corrected chi connectivity index (χ1v) is 8.75. The van der Waals surface area contributed by atoms with E-state index < -0.39 is 0 Å². The van der Waals surface area contributed by atoms with Crippen LogP contribution in [-0.2, 0) is 9.53 Å². The molecule has 24 heavy (non-hydrogen) atoms. The summed E-state index contributed by atoms with van der Waals surface area (Å²) in [6.07, 6.45) is 0.0812. The fraction of sp³-hybridized carbons (Fsp3) is 0.438. The van der Waals surface area contributed by atoms with E-state index in [9.17, 15) is 9.18 Å². The van der Waals surface area contributed by atoms with Crippen LogP contribution in [-0.4, -0.2) is 57.0 Å². The monoisotopic (exact) mass is 350 g/mol. The van der Waals surface area contributed by atoms with Gasteiger partial charge in [0.15, 0.2) is 5.82 Å². The highest BCUT2D eigenvalue weighted by Gasteiger charge is 2.26. The summed E-state index contributed by atoms with van der Waals surface area (Å²) in [5.74, 6) is 0.266. The number of amides is 1. The molecule has 0 bridgehead atoms. The van der Waals surface area contributed by atoms with Crippen LogP contribution < -0.4 is 0 Å². The molecule has 8 heteroatoms. The van der Waals surface area contributed by atoms with Crippen LogP contribution in [0.4, 0.5) is 4.39 Å². The predicted octanol–water partition coefficient (Wildman–Crippen LogP) is 2.34. The molecule has 2 unspecified atom stereocenters. The first kappa shape index (κ1) is 16.9. The van der Waals surface area contributed by atoms with E-state index in [1.165, 1.54) is 17.8 Å². The number of nitrogens with zero attached hydrogens (tertiary/aromatic N) is 3. The van der Waals surface area contributed by atoms with Crippen molar-refractivity contribution in [3.05, 3.63) is 30.1 Å². The van der Waals surface area contributed by atoms with Crippen molar-refractivity contribution in [3.8, 4) is 11.4 Å². The van der Waals surface area contributed by atoms with E-state index in [0.29, 0.717) is 29.6 Å². The lowest BCUT2D eigenvalue weighted by Gasteiger charge is -2.35. The van der Waals surface area contributed by atoms with Gasteiger partial charge in [0.1, 0.15) is 5.82 Å². The molecule has 2 aromatic rings. The Morgan fingerprint density at radius 1 is 1.38 bits per heavy atom. The number of carbonyl (C=O) groups excluding carboxylic acids is 1. The Hall–Kier alpha value is -1.93. The highest BCUT2D eigenvalue weighted by atomic mass is 32.2. The topological polar surface area (TPSA) is 71.1 Å². The maximum Gasteiger partial charge on any atom is 0.233 e. The SMILES string of the molecule is CC1CN(C(=O)CSc2n[nH]c(-c3ccccc3F)n2)CC(C)O1. The Morgan fingerprint density at radius 3 is 2.79 bits per heavy atom. The second-order valence-corrected chi connectivity index (χ2v) is 6.73. The summed E-state index contributed by atoms with van der Waals surface area (Å²) in [4.78, 5) is 18.4. The zero-order valence-electron chi connectivity index (χ0n) is 13.5. The molecule has 0 saturated carbocycles. The summed E-state index contributed by atoms with van der Waals surface area (Å²) in [6, 6.07) is 6.35. The maximum atomic E-state index is 13.7. The van der Waals surface area contributed by atoms with Gasteiger partial charge in [0, 0.05) is 13.1 Å². The van der Waals surface area contributed by atoms with Gasteiger partial charge in [-0.3, -0.25) is 9.89 Å². The van der Waals surface area contributed by atoms with Crippen LogP contribution in [0.25, 0.3) is 11.4 Å². The number of H-pyrrole nitrogens is 1. The quantitative estimate of drug-likeness (QED) is 0.857. The Bertz CT molecular complexity index is 714.